The fourth-order valence-corrected chi connectivity index (χ4v) is 2.50. The molecular weight excluding hydrogens is 238 g/mol. The van der Waals surface area contributed by atoms with Crippen molar-refractivity contribution >= 4 is 5.69 Å². The van der Waals surface area contributed by atoms with E-state index in [1.807, 2.05) is 11.6 Å². The smallest absolute Gasteiger partial charge is 0.146 e. The molecule has 0 bridgehead atoms. The molecule has 5 heteroatoms. The number of rotatable bonds is 4. The summed E-state index contributed by atoms with van der Waals surface area (Å²) in [7, 11) is 1.96. The number of aryl methyl sites for hydroxylation is 2. The van der Waals surface area contributed by atoms with Gasteiger partial charge in [0, 0.05) is 25.8 Å². The molecule has 2 N–H and O–H groups in total. The normalized spacial score (nSPS) is 13.9. The summed E-state index contributed by atoms with van der Waals surface area (Å²) in [5, 5.41) is 14.9. The average molecular weight is 257 g/mol. The van der Waals surface area contributed by atoms with Crippen LogP contribution >= 0.6 is 0 Å². The second kappa shape index (κ2) is 5.40. The Kier molecular flexibility index (Phi) is 3.46. The first kappa shape index (κ1) is 12.2. The zero-order valence-corrected chi connectivity index (χ0v) is 11.2. The molecule has 1 aliphatic rings. The number of hydrogen-bond acceptors (Lipinski definition) is 4. The van der Waals surface area contributed by atoms with Gasteiger partial charge < -0.3 is 15.2 Å². The van der Waals surface area contributed by atoms with Crippen molar-refractivity contribution in [2.24, 2.45) is 7.05 Å². The summed E-state index contributed by atoms with van der Waals surface area (Å²) in [5.74, 6) is 0.956. The molecule has 0 fully saturated rings. The van der Waals surface area contributed by atoms with Gasteiger partial charge in [-0.05, 0) is 24.0 Å². The molecule has 1 aliphatic heterocycles. The number of anilines is 1. The van der Waals surface area contributed by atoms with E-state index in [4.69, 9.17) is 0 Å². The van der Waals surface area contributed by atoms with Crippen LogP contribution in [-0.2, 0) is 26.6 Å². The highest BCUT2D eigenvalue weighted by atomic mass is 15.3. The van der Waals surface area contributed by atoms with Gasteiger partial charge in [0.15, 0.2) is 0 Å². The Morgan fingerprint density at radius 2 is 2.32 bits per heavy atom. The van der Waals surface area contributed by atoms with Crippen molar-refractivity contribution in [2.45, 2.75) is 25.9 Å². The zero-order valence-electron chi connectivity index (χ0n) is 11.2. The Morgan fingerprint density at radius 3 is 3.16 bits per heavy atom. The highest BCUT2D eigenvalue weighted by Gasteiger charge is 2.11. The average Bonchev–Trinajstić information content (AvgIpc) is 2.85. The molecule has 100 valence electrons. The van der Waals surface area contributed by atoms with Gasteiger partial charge in [-0.1, -0.05) is 18.2 Å². The van der Waals surface area contributed by atoms with Crippen molar-refractivity contribution in [3.8, 4) is 0 Å². The van der Waals surface area contributed by atoms with Gasteiger partial charge in [0.25, 0.3) is 0 Å². The number of para-hydroxylation sites is 1. The summed E-state index contributed by atoms with van der Waals surface area (Å²) in [6.07, 6.45) is 4.13. The topological polar surface area (TPSA) is 54.8 Å². The second-order valence-electron chi connectivity index (χ2n) is 4.94. The molecule has 2 heterocycles. The lowest BCUT2D eigenvalue weighted by Crippen LogP contribution is -2.19. The van der Waals surface area contributed by atoms with Crippen molar-refractivity contribution in [3.63, 3.8) is 0 Å². The van der Waals surface area contributed by atoms with Gasteiger partial charge >= 0.3 is 0 Å². The van der Waals surface area contributed by atoms with Gasteiger partial charge in [-0.2, -0.15) is 0 Å². The number of hydrogen-bond donors (Lipinski definition) is 2. The summed E-state index contributed by atoms with van der Waals surface area (Å²) in [5.41, 5.74) is 4.09. The van der Waals surface area contributed by atoms with E-state index in [1.54, 1.807) is 6.33 Å². The predicted molar refractivity (Wildman–Crippen MR) is 74.8 cm³/mol. The van der Waals surface area contributed by atoms with Crippen LogP contribution < -0.4 is 10.6 Å². The highest BCUT2D eigenvalue weighted by Crippen LogP contribution is 2.25. The fraction of sp³-hybridized carbons (Fsp3) is 0.429. The maximum atomic E-state index is 4.07. The summed E-state index contributed by atoms with van der Waals surface area (Å²) in [4.78, 5) is 0. The number of nitrogens with zero attached hydrogens (tertiary/aromatic N) is 3. The molecule has 0 unspecified atom stereocenters. The number of nitrogens with one attached hydrogen (secondary N) is 2. The summed E-state index contributed by atoms with van der Waals surface area (Å²) < 4.78 is 1.94. The number of aromatic nitrogens is 3. The maximum absolute atomic E-state index is 4.07. The van der Waals surface area contributed by atoms with Crippen molar-refractivity contribution in [3.05, 3.63) is 41.5 Å². The molecule has 0 saturated heterocycles. The first-order chi connectivity index (χ1) is 9.34. The van der Waals surface area contributed by atoms with Crippen molar-refractivity contribution in [1.82, 2.24) is 20.1 Å². The molecule has 0 aliphatic carbocycles. The van der Waals surface area contributed by atoms with Gasteiger partial charge in [0.05, 0.1) is 6.54 Å². The van der Waals surface area contributed by atoms with Crippen LogP contribution in [0.3, 0.4) is 0 Å². The lowest BCUT2D eigenvalue weighted by Gasteiger charge is -2.21. The third-order valence-corrected chi connectivity index (χ3v) is 3.57. The monoisotopic (exact) mass is 257 g/mol. The Labute approximate surface area is 113 Å². The van der Waals surface area contributed by atoms with Gasteiger partial charge in [-0.3, -0.25) is 0 Å². The van der Waals surface area contributed by atoms with Crippen LogP contribution in [0.5, 0.6) is 0 Å². The molecule has 0 amide bonds. The Balaban J connectivity index is 1.66. The van der Waals surface area contributed by atoms with Crippen molar-refractivity contribution in [1.29, 1.82) is 0 Å². The minimum Gasteiger partial charge on any atom is -0.385 e. The van der Waals surface area contributed by atoms with E-state index in [9.17, 15) is 0 Å². The molecule has 0 spiro atoms. The Hall–Kier alpha value is -1.88. The molecule has 0 atom stereocenters. The van der Waals surface area contributed by atoms with E-state index >= 15 is 0 Å². The van der Waals surface area contributed by atoms with Crippen LogP contribution in [0.4, 0.5) is 5.69 Å². The largest absolute Gasteiger partial charge is 0.385 e. The second-order valence-corrected chi connectivity index (χ2v) is 4.94. The number of fused-ring (bicyclic) bond motifs is 1. The van der Waals surface area contributed by atoms with Crippen LogP contribution in [0.1, 0.15) is 23.4 Å². The maximum Gasteiger partial charge on any atom is 0.146 e. The minimum atomic E-state index is 0.736. The SMILES string of the molecule is Cn1cnnc1CNCc1cccc2c1NCCC2. The van der Waals surface area contributed by atoms with Gasteiger partial charge in [0.2, 0.25) is 0 Å². The first-order valence-electron chi connectivity index (χ1n) is 6.73. The molecule has 3 rings (SSSR count). The molecule has 1 aromatic carbocycles. The lowest BCUT2D eigenvalue weighted by atomic mass is 9.99. The van der Waals surface area contributed by atoms with E-state index in [1.165, 1.54) is 29.7 Å². The summed E-state index contributed by atoms with van der Waals surface area (Å²) >= 11 is 0. The standard InChI is InChI=1S/C14H19N5/c1-19-10-17-18-13(19)9-15-8-12-5-2-4-11-6-3-7-16-14(11)12/h2,4-5,10,15-16H,3,6-9H2,1H3. The molecule has 5 nitrogen and oxygen atoms in total. The zero-order chi connectivity index (χ0) is 13.1. The molecule has 2 aromatic rings. The minimum absolute atomic E-state index is 0.736. The van der Waals surface area contributed by atoms with Crippen LogP contribution in [0.15, 0.2) is 24.5 Å². The number of benzene rings is 1. The Morgan fingerprint density at radius 1 is 1.37 bits per heavy atom. The van der Waals surface area contributed by atoms with Crippen molar-refractivity contribution < 1.29 is 0 Å². The third kappa shape index (κ3) is 2.61. The van der Waals surface area contributed by atoms with E-state index in [2.05, 4.69) is 39.0 Å². The molecule has 19 heavy (non-hydrogen) atoms. The predicted octanol–water partition coefficient (Wildman–Crippen LogP) is 1.46. The lowest BCUT2D eigenvalue weighted by molar-refractivity contribution is 0.636. The summed E-state index contributed by atoms with van der Waals surface area (Å²) in [6, 6.07) is 6.54. The summed E-state index contributed by atoms with van der Waals surface area (Å²) in [6.45, 7) is 2.66. The Bertz CT molecular complexity index is 561. The fourth-order valence-electron chi connectivity index (χ4n) is 2.50. The van der Waals surface area contributed by atoms with E-state index in [0.29, 0.717) is 0 Å². The van der Waals surface area contributed by atoms with Crippen molar-refractivity contribution in [2.75, 3.05) is 11.9 Å². The van der Waals surface area contributed by atoms with Crippen LogP contribution in [-0.4, -0.2) is 21.3 Å². The van der Waals surface area contributed by atoms with Gasteiger partial charge in [-0.25, -0.2) is 0 Å². The first-order valence-corrected chi connectivity index (χ1v) is 6.73. The van der Waals surface area contributed by atoms with Crippen LogP contribution in [0, 0.1) is 0 Å². The molecule has 1 aromatic heterocycles. The highest BCUT2D eigenvalue weighted by molar-refractivity contribution is 5.59. The van der Waals surface area contributed by atoms with Gasteiger partial charge in [-0.15, -0.1) is 10.2 Å². The van der Waals surface area contributed by atoms with E-state index in [-0.39, 0.29) is 0 Å². The molecular formula is C14H19N5. The van der Waals surface area contributed by atoms with Crippen LogP contribution in [0.25, 0.3) is 0 Å². The molecule has 0 saturated carbocycles. The third-order valence-electron chi connectivity index (χ3n) is 3.57. The molecule has 0 radical (unpaired) electrons. The van der Waals surface area contributed by atoms with Gasteiger partial charge in [0.1, 0.15) is 12.2 Å². The quantitative estimate of drug-likeness (QED) is 0.870. The van der Waals surface area contributed by atoms with E-state index < -0.39 is 0 Å². The van der Waals surface area contributed by atoms with E-state index in [0.717, 1.165) is 25.5 Å². The van der Waals surface area contributed by atoms with Crippen LogP contribution in [0.2, 0.25) is 0 Å².